The Balaban J connectivity index is 1.76. The van der Waals surface area contributed by atoms with Crippen LogP contribution in [0.15, 0.2) is 71.6 Å². The zero-order valence-corrected chi connectivity index (χ0v) is 16.9. The number of aryl methyl sites for hydroxylation is 2. The Hall–Kier alpha value is -2.83. The molecular weight excluding hydrogens is 396 g/mol. The highest BCUT2D eigenvalue weighted by Crippen LogP contribution is 2.23. The van der Waals surface area contributed by atoms with Gasteiger partial charge in [-0.25, -0.2) is 8.42 Å². The third kappa shape index (κ3) is 4.52. The Morgan fingerprint density at radius 2 is 1.61 bits per heavy atom. The molecule has 3 aromatic rings. The summed E-state index contributed by atoms with van der Waals surface area (Å²) in [4.78, 5) is 12.6. The van der Waals surface area contributed by atoms with Crippen LogP contribution < -0.4 is 10.0 Å². The molecule has 0 heterocycles. The van der Waals surface area contributed by atoms with Crippen LogP contribution in [0.5, 0.6) is 0 Å². The van der Waals surface area contributed by atoms with E-state index in [0.717, 1.165) is 5.56 Å². The van der Waals surface area contributed by atoms with Crippen molar-refractivity contribution in [3.8, 4) is 0 Å². The Morgan fingerprint density at radius 3 is 2.29 bits per heavy atom. The van der Waals surface area contributed by atoms with Gasteiger partial charge in [-0.3, -0.25) is 9.52 Å². The lowest BCUT2D eigenvalue weighted by Crippen LogP contribution is -2.15. The van der Waals surface area contributed by atoms with Crippen molar-refractivity contribution >= 4 is 38.9 Å². The molecule has 0 unspecified atom stereocenters. The van der Waals surface area contributed by atoms with Crippen molar-refractivity contribution in [2.45, 2.75) is 18.7 Å². The predicted molar refractivity (Wildman–Crippen MR) is 113 cm³/mol. The van der Waals surface area contributed by atoms with Crippen LogP contribution in [0.25, 0.3) is 0 Å². The van der Waals surface area contributed by atoms with Crippen LogP contribution in [0.1, 0.15) is 21.5 Å². The fourth-order valence-electron chi connectivity index (χ4n) is 2.65. The van der Waals surface area contributed by atoms with E-state index in [0.29, 0.717) is 27.5 Å². The Morgan fingerprint density at radius 1 is 0.929 bits per heavy atom. The number of benzene rings is 3. The van der Waals surface area contributed by atoms with Gasteiger partial charge >= 0.3 is 0 Å². The van der Waals surface area contributed by atoms with Gasteiger partial charge in [0.1, 0.15) is 0 Å². The van der Waals surface area contributed by atoms with Crippen molar-refractivity contribution in [3.63, 3.8) is 0 Å². The summed E-state index contributed by atoms with van der Waals surface area (Å²) >= 11 is 6.04. The summed E-state index contributed by atoms with van der Waals surface area (Å²) in [5.41, 5.74) is 2.78. The van der Waals surface area contributed by atoms with Crippen molar-refractivity contribution in [3.05, 3.63) is 88.4 Å². The average molecular weight is 415 g/mol. The smallest absolute Gasteiger partial charge is 0.262 e. The molecule has 1 amide bonds. The van der Waals surface area contributed by atoms with Gasteiger partial charge in [-0.2, -0.15) is 0 Å². The minimum atomic E-state index is -3.72. The van der Waals surface area contributed by atoms with Crippen molar-refractivity contribution in [2.75, 3.05) is 10.0 Å². The number of hydrogen-bond acceptors (Lipinski definition) is 3. The molecule has 2 N–H and O–H groups in total. The number of halogens is 1. The van der Waals surface area contributed by atoms with Crippen molar-refractivity contribution in [2.24, 2.45) is 0 Å². The van der Waals surface area contributed by atoms with E-state index >= 15 is 0 Å². The fourth-order valence-corrected chi connectivity index (χ4v) is 4.23. The molecule has 0 aliphatic heterocycles. The normalized spacial score (nSPS) is 11.1. The number of carbonyl (C=O) groups excluding carboxylic acids is 1. The first kappa shape index (κ1) is 19.9. The van der Waals surface area contributed by atoms with Crippen molar-refractivity contribution < 1.29 is 13.2 Å². The summed E-state index contributed by atoms with van der Waals surface area (Å²) < 4.78 is 27.9. The highest BCUT2D eigenvalue weighted by Gasteiger charge is 2.17. The second-order valence-corrected chi connectivity index (χ2v) is 8.44. The molecule has 0 aliphatic rings. The summed E-state index contributed by atoms with van der Waals surface area (Å²) in [7, 11) is -3.72. The molecule has 0 atom stereocenters. The van der Waals surface area contributed by atoms with Gasteiger partial charge in [0.2, 0.25) is 0 Å². The molecule has 3 rings (SSSR count). The van der Waals surface area contributed by atoms with Crippen LogP contribution in [0.2, 0.25) is 5.02 Å². The lowest BCUT2D eigenvalue weighted by molar-refractivity contribution is 0.102. The summed E-state index contributed by atoms with van der Waals surface area (Å²) in [5.74, 6) is -0.336. The van der Waals surface area contributed by atoms with Crippen molar-refractivity contribution in [1.29, 1.82) is 0 Å². The van der Waals surface area contributed by atoms with E-state index in [4.69, 9.17) is 11.6 Å². The number of hydrogen-bond donors (Lipinski definition) is 2. The maximum absolute atomic E-state index is 12.7. The molecule has 0 radical (unpaired) electrons. The van der Waals surface area contributed by atoms with E-state index in [1.807, 2.05) is 13.0 Å². The summed E-state index contributed by atoms with van der Waals surface area (Å²) in [6.07, 6.45) is 0. The number of carbonyl (C=O) groups is 1. The first-order chi connectivity index (χ1) is 13.3. The van der Waals surface area contributed by atoms with E-state index in [2.05, 4.69) is 10.0 Å². The lowest BCUT2D eigenvalue weighted by Gasteiger charge is -2.12. The molecule has 3 aromatic carbocycles. The minimum Gasteiger partial charge on any atom is -0.321 e. The quantitative estimate of drug-likeness (QED) is 0.616. The van der Waals surface area contributed by atoms with Crippen LogP contribution in [-0.2, 0) is 10.0 Å². The molecule has 0 saturated carbocycles. The SMILES string of the molecule is Cc1ccc(C)c(S(=O)(=O)Nc2ccc(C(=O)Nc3ccccc3Cl)cc2)c1. The summed E-state index contributed by atoms with van der Waals surface area (Å²) in [5, 5.41) is 3.16. The molecular formula is C21H19ClN2O3S. The maximum Gasteiger partial charge on any atom is 0.262 e. The molecule has 28 heavy (non-hydrogen) atoms. The van der Waals surface area contributed by atoms with Crippen LogP contribution >= 0.6 is 11.6 Å². The van der Waals surface area contributed by atoms with Crippen LogP contribution in [0.4, 0.5) is 11.4 Å². The predicted octanol–water partition coefficient (Wildman–Crippen LogP) is 5.01. The van der Waals surface area contributed by atoms with Crippen LogP contribution in [0, 0.1) is 13.8 Å². The maximum atomic E-state index is 12.7. The Labute approximate surface area is 169 Å². The van der Waals surface area contributed by atoms with Gasteiger partial charge in [0.25, 0.3) is 15.9 Å². The molecule has 5 nitrogen and oxygen atoms in total. The third-order valence-corrected chi connectivity index (χ3v) is 6.01. The number of nitrogens with one attached hydrogen (secondary N) is 2. The second-order valence-electron chi connectivity index (χ2n) is 6.39. The topological polar surface area (TPSA) is 75.3 Å². The monoisotopic (exact) mass is 414 g/mol. The molecule has 7 heteroatoms. The standard InChI is InChI=1S/C21H19ClN2O3S/c1-14-7-8-15(2)20(13-14)28(26,27)24-17-11-9-16(10-12-17)21(25)23-19-6-4-3-5-18(19)22/h3-13,24H,1-2H3,(H,23,25). The second kappa shape index (κ2) is 8.04. The van der Waals surface area contributed by atoms with Gasteiger partial charge in [0, 0.05) is 11.3 Å². The Kier molecular flexibility index (Phi) is 5.72. The minimum absolute atomic E-state index is 0.230. The number of rotatable bonds is 5. The zero-order valence-electron chi connectivity index (χ0n) is 15.4. The molecule has 0 bridgehead atoms. The van der Waals surface area contributed by atoms with Crippen molar-refractivity contribution in [1.82, 2.24) is 0 Å². The number of anilines is 2. The van der Waals surface area contributed by atoms with Gasteiger partial charge in [0.15, 0.2) is 0 Å². The van der Waals surface area contributed by atoms with Gasteiger partial charge in [0.05, 0.1) is 15.6 Å². The van der Waals surface area contributed by atoms with E-state index in [1.54, 1.807) is 67.6 Å². The highest BCUT2D eigenvalue weighted by molar-refractivity contribution is 7.92. The lowest BCUT2D eigenvalue weighted by atomic mass is 10.2. The molecule has 0 aromatic heterocycles. The van der Waals surface area contributed by atoms with E-state index < -0.39 is 10.0 Å². The molecule has 0 aliphatic carbocycles. The van der Waals surface area contributed by atoms with Gasteiger partial charge < -0.3 is 5.32 Å². The van der Waals surface area contributed by atoms with Gasteiger partial charge in [-0.1, -0.05) is 35.9 Å². The molecule has 0 saturated heterocycles. The Bertz CT molecular complexity index is 1130. The molecule has 144 valence electrons. The first-order valence-corrected chi connectivity index (χ1v) is 10.4. The summed E-state index contributed by atoms with van der Waals surface area (Å²) in [6, 6.07) is 18.4. The average Bonchev–Trinajstić information content (AvgIpc) is 2.65. The third-order valence-electron chi connectivity index (χ3n) is 4.15. The van der Waals surface area contributed by atoms with E-state index in [-0.39, 0.29) is 10.8 Å². The number of amides is 1. The van der Waals surface area contributed by atoms with Gasteiger partial charge in [-0.15, -0.1) is 0 Å². The number of para-hydroxylation sites is 1. The zero-order chi connectivity index (χ0) is 20.3. The first-order valence-electron chi connectivity index (χ1n) is 8.52. The van der Waals surface area contributed by atoms with E-state index in [9.17, 15) is 13.2 Å². The highest BCUT2D eigenvalue weighted by atomic mass is 35.5. The summed E-state index contributed by atoms with van der Waals surface area (Å²) in [6.45, 7) is 3.58. The van der Waals surface area contributed by atoms with E-state index in [1.165, 1.54) is 0 Å². The molecule has 0 fully saturated rings. The van der Waals surface area contributed by atoms with Crippen LogP contribution in [0.3, 0.4) is 0 Å². The largest absolute Gasteiger partial charge is 0.321 e. The molecule has 0 spiro atoms. The van der Waals surface area contributed by atoms with Gasteiger partial charge in [-0.05, 0) is 67.4 Å². The van der Waals surface area contributed by atoms with Crippen LogP contribution in [-0.4, -0.2) is 14.3 Å². The number of sulfonamides is 1. The fraction of sp³-hybridized carbons (Fsp3) is 0.0952.